The molecule has 0 amide bonds. The summed E-state index contributed by atoms with van der Waals surface area (Å²) in [7, 11) is 0. The maximum absolute atomic E-state index is 12.1. The summed E-state index contributed by atoms with van der Waals surface area (Å²) in [5, 5.41) is 0.266. The van der Waals surface area contributed by atoms with E-state index in [1.54, 1.807) is 0 Å². The van der Waals surface area contributed by atoms with Crippen molar-refractivity contribution in [2.75, 3.05) is 9.80 Å². The number of hydrogen-bond donors (Lipinski definition) is 0. The molecule has 16 aromatic carbocycles. The summed E-state index contributed by atoms with van der Waals surface area (Å²) < 4.78 is 229. The summed E-state index contributed by atoms with van der Waals surface area (Å²) in [6.07, 6.45) is 0. The minimum Gasteiger partial charge on any atom is -0.310 e. The summed E-state index contributed by atoms with van der Waals surface area (Å²) in [5.74, 6) is 0. The lowest BCUT2D eigenvalue weighted by atomic mass is 9.33. The SMILES string of the molecule is [2H]c1c([2H])c(-n2c3c([2H])c([2H])c([2H])c([2H])c3c3c([2H])c([2H])c([2H])c([2H])c32)c([2H])c2c1B1c3c(cc(-c4ccc5c(c4)c4ccccc4n5-c4ccccc4)cc3N(c3c(-c4cccc(C(C)(C)C)c4)cccc3-c3cccc(C(C)(C)C)c3)c3c([2H])c(-n4c5c([2H])c([2H])c([2H])c([2H])c5c5c([2H])c([2H])c([2H])c([2H])c54)c([2H])c([2H])c31)N2c1c(-c2cccc(C(C)(C)C)c2)cccc1-c1cccc(C(C)(C)C)c1. The summed E-state index contributed by atoms with van der Waals surface area (Å²) in [4.78, 5) is 3.84. The molecule has 21 rings (SSSR count). The number of aromatic nitrogens is 3. The zero-order valence-corrected chi connectivity index (χ0v) is 67.6. The number of para-hydroxylation sites is 8. The average molecular weight is 1540 g/mol. The normalized spacial score (nSPS) is 15.6. The molecule has 0 N–H and O–H groups in total. The summed E-state index contributed by atoms with van der Waals surface area (Å²) in [6.45, 7) is 23.7. The van der Waals surface area contributed by atoms with Crippen LogP contribution in [0, 0.1) is 0 Å². The zero-order valence-electron chi connectivity index (χ0n) is 89.6. The predicted octanol–water partition coefficient (Wildman–Crippen LogP) is 28.6. The highest BCUT2D eigenvalue weighted by atomic mass is 15.2. The Morgan fingerprint density at radius 2 is 0.593 bits per heavy atom. The molecule has 6 heteroatoms. The smallest absolute Gasteiger partial charge is 0.252 e. The molecule has 570 valence electrons. The Kier molecular flexibility index (Phi) is 12.0. The van der Waals surface area contributed by atoms with Crippen LogP contribution in [0.5, 0.6) is 0 Å². The van der Waals surface area contributed by atoms with Gasteiger partial charge in [-0.15, -0.1) is 0 Å². The van der Waals surface area contributed by atoms with E-state index in [-0.39, 0.29) is 60.7 Å². The first kappa shape index (κ1) is 52.2. The highest BCUT2D eigenvalue weighted by Gasteiger charge is 2.46. The first-order valence-electron chi connectivity index (χ1n) is 51.1. The Morgan fingerprint density at radius 1 is 0.246 bits per heavy atom. The van der Waals surface area contributed by atoms with E-state index in [1.807, 2.05) is 155 Å². The molecule has 118 heavy (non-hydrogen) atoms. The molecule has 0 bridgehead atoms. The van der Waals surface area contributed by atoms with Crippen molar-refractivity contribution in [3.05, 3.63) is 374 Å². The van der Waals surface area contributed by atoms with Crippen molar-refractivity contribution in [2.45, 2.75) is 105 Å². The third-order valence-electron chi connectivity index (χ3n) is 23.8. The van der Waals surface area contributed by atoms with E-state index in [0.29, 0.717) is 67.0 Å². The Hall–Kier alpha value is -13.4. The van der Waals surface area contributed by atoms with Crippen molar-refractivity contribution in [2.24, 2.45) is 0 Å². The van der Waals surface area contributed by atoms with E-state index >= 15 is 0 Å². The first-order valence-corrected chi connectivity index (χ1v) is 40.1. The number of fused-ring (bicyclic) bond motifs is 13. The Balaban J connectivity index is 1.05. The van der Waals surface area contributed by atoms with Gasteiger partial charge in [-0.05, 0) is 184 Å². The second-order valence-corrected chi connectivity index (χ2v) is 35.2. The number of anilines is 6. The lowest BCUT2D eigenvalue weighted by Crippen LogP contribution is -2.61. The zero-order chi connectivity index (χ0) is 99.6. The van der Waals surface area contributed by atoms with Gasteiger partial charge in [-0.25, -0.2) is 0 Å². The van der Waals surface area contributed by atoms with Gasteiger partial charge in [0.25, 0.3) is 6.71 Å². The van der Waals surface area contributed by atoms with Gasteiger partial charge in [0, 0.05) is 94.4 Å². The molecule has 0 spiro atoms. The van der Waals surface area contributed by atoms with Gasteiger partial charge in [-0.3, -0.25) is 0 Å². The van der Waals surface area contributed by atoms with E-state index in [2.05, 4.69) is 160 Å². The van der Waals surface area contributed by atoms with Crippen LogP contribution < -0.4 is 26.2 Å². The minimum absolute atomic E-state index is 0.178. The highest BCUT2D eigenvalue weighted by molar-refractivity contribution is 7.00. The molecule has 5 nitrogen and oxygen atoms in total. The van der Waals surface area contributed by atoms with Crippen molar-refractivity contribution >= 4 is 123 Å². The van der Waals surface area contributed by atoms with Gasteiger partial charge >= 0.3 is 0 Å². The average Bonchev–Trinajstić information content (AvgIpc) is 0.821. The van der Waals surface area contributed by atoms with E-state index < -0.39 is 195 Å². The molecule has 3 aromatic heterocycles. The van der Waals surface area contributed by atoms with Crippen LogP contribution in [0.25, 0.3) is 138 Å². The van der Waals surface area contributed by atoms with Gasteiger partial charge in [0.15, 0.2) is 0 Å². The number of hydrogen-bond acceptors (Lipinski definition) is 2. The molecular weight excluding hydrogens is 1430 g/mol. The van der Waals surface area contributed by atoms with Crippen LogP contribution in [0.4, 0.5) is 34.1 Å². The van der Waals surface area contributed by atoms with Crippen molar-refractivity contribution in [1.29, 1.82) is 0 Å². The molecule has 2 aliphatic rings. The number of nitrogens with zero attached hydrogens (tertiary/aromatic N) is 5. The summed E-state index contributed by atoms with van der Waals surface area (Å²) >= 11 is 0. The van der Waals surface area contributed by atoms with E-state index in [9.17, 15) is 30.2 Å². The molecule has 0 aliphatic carbocycles. The van der Waals surface area contributed by atoms with Crippen molar-refractivity contribution < 1.29 is 30.2 Å². The molecule has 0 saturated carbocycles. The Bertz CT molecular complexity index is 8000. The second kappa shape index (κ2) is 27.1. The van der Waals surface area contributed by atoms with Gasteiger partial charge in [-0.2, -0.15) is 0 Å². The van der Waals surface area contributed by atoms with Crippen LogP contribution in [0.3, 0.4) is 0 Å². The van der Waals surface area contributed by atoms with E-state index in [4.69, 9.17) is 0 Å². The molecular formula is C112H94BN5. The first-order chi connectivity index (χ1) is 66.3. The van der Waals surface area contributed by atoms with Gasteiger partial charge in [0.1, 0.15) is 0 Å². The fraction of sp³-hybridized carbons (Fsp3) is 0.143. The molecule has 0 radical (unpaired) electrons. The maximum Gasteiger partial charge on any atom is 0.252 e. The molecule has 5 heterocycles. The quantitative estimate of drug-likeness (QED) is 0.127. The van der Waals surface area contributed by atoms with Gasteiger partial charge in [0.2, 0.25) is 0 Å². The molecule has 19 aromatic rings. The molecule has 0 atom stereocenters. The van der Waals surface area contributed by atoms with Gasteiger partial charge < -0.3 is 23.5 Å². The predicted molar refractivity (Wildman–Crippen MR) is 505 cm³/mol. The lowest BCUT2D eigenvalue weighted by Gasteiger charge is -2.46. The van der Waals surface area contributed by atoms with E-state index in [0.717, 1.165) is 58.9 Å². The third-order valence-corrected chi connectivity index (χ3v) is 23.8. The molecule has 2 aliphatic heterocycles. The van der Waals surface area contributed by atoms with Crippen LogP contribution in [-0.4, -0.2) is 20.4 Å². The van der Waals surface area contributed by atoms with Crippen LogP contribution >= 0.6 is 0 Å². The van der Waals surface area contributed by atoms with Gasteiger partial charge in [-0.1, -0.05) is 344 Å². The second-order valence-electron chi connectivity index (χ2n) is 35.2. The maximum atomic E-state index is 12.1. The number of benzene rings is 16. The monoisotopic (exact) mass is 1540 g/mol. The topological polar surface area (TPSA) is 21.3 Å². The van der Waals surface area contributed by atoms with Crippen LogP contribution in [0.2, 0.25) is 0 Å². The van der Waals surface area contributed by atoms with Crippen molar-refractivity contribution in [3.63, 3.8) is 0 Å². The van der Waals surface area contributed by atoms with Crippen LogP contribution in [0.15, 0.2) is 351 Å². The van der Waals surface area contributed by atoms with Crippen molar-refractivity contribution in [3.8, 4) is 72.7 Å². The van der Waals surface area contributed by atoms with Crippen LogP contribution in [0.1, 0.15) is 135 Å². The lowest BCUT2D eigenvalue weighted by molar-refractivity contribution is 0.590. The molecule has 0 unspecified atom stereocenters. The van der Waals surface area contributed by atoms with Gasteiger partial charge in [0.05, 0.1) is 74.6 Å². The number of rotatable bonds is 10. The largest absolute Gasteiger partial charge is 0.310 e. The van der Waals surface area contributed by atoms with E-state index in [1.165, 1.54) is 0 Å². The fourth-order valence-electron chi connectivity index (χ4n) is 17.8. The Morgan fingerprint density at radius 3 is 0.983 bits per heavy atom. The standard InChI is InChI=1S/C112H94BN5/c1-109(2,3)77-36-26-32-72(62-77)84-47-30-48-85(73-33-27-37-78(63-73)110(4,5)6)107(84)117-102-69-82(115-96-51-21-16-42-88(96)89-43-17-22-52-97(89)115)57-59-94(102)113-95-60-58-83(116-98-53-23-18-44-90(98)91-45-19-24-54-99(91)116)70-103(95)118(108-86(74-34-28-38-79(64-74)111(7,8)9)49-31-50-87(108)75-35-29-39-80(65-75)112(10,11)12)105-68-76(67-104(117)106(105)113)71-56-61-101-93(66-71)92-46-20-25-55-100(92)114(101)81-40-14-13-15-41-81/h13-70H,1-12H3/i16D,17D,18D,19D,21D,22D,23D,24D,42D,43D,44D,45D,51D,52D,53D,54D,57D,58D,59D,60D,69D,70D. The molecule has 0 saturated heterocycles. The molecule has 0 fully saturated rings. The third kappa shape index (κ3) is 11.7. The summed E-state index contributed by atoms with van der Waals surface area (Å²) in [6, 6.07) is 56.8. The summed E-state index contributed by atoms with van der Waals surface area (Å²) in [5.41, 5.74) is 8.43. The highest BCUT2D eigenvalue weighted by Crippen LogP contribution is 2.56. The van der Waals surface area contributed by atoms with Crippen molar-refractivity contribution in [1.82, 2.24) is 13.7 Å². The minimum atomic E-state index is -1.73. The Labute approximate surface area is 724 Å². The van der Waals surface area contributed by atoms with Crippen LogP contribution in [-0.2, 0) is 21.7 Å². The fourth-order valence-corrected chi connectivity index (χ4v) is 17.8.